The number of hydrogen-bond donors (Lipinski definition) is 2. The van der Waals surface area contributed by atoms with Crippen LogP contribution in [-0.4, -0.2) is 25.6 Å². The van der Waals surface area contributed by atoms with E-state index in [4.69, 9.17) is 4.74 Å². The van der Waals surface area contributed by atoms with E-state index in [1.54, 1.807) is 0 Å². The summed E-state index contributed by atoms with van der Waals surface area (Å²) < 4.78 is 5.62. The first-order valence-corrected chi connectivity index (χ1v) is 8.85. The maximum atomic E-state index is 11.8. The van der Waals surface area contributed by atoms with Crippen LogP contribution in [0.15, 0.2) is 24.3 Å². The molecule has 1 aromatic carbocycles. The number of amides is 1. The average Bonchev–Trinajstić information content (AvgIpc) is 2.53. The summed E-state index contributed by atoms with van der Waals surface area (Å²) in [5.41, 5.74) is 0.802. The molecule has 1 aromatic rings. The van der Waals surface area contributed by atoms with Gasteiger partial charge in [-0.1, -0.05) is 46.5 Å². The lowest BCUT2D eigenvalue weighted by atomic mass is 10.1. The average molecular weight is 320 g/mol. The normalized spacial score (nSPS) is 10.8. The van der Waals surface area contributed by atoms with Crippen molar-refractivity contribution in [1.29, 1.82) is 0 Å². The molecule has 0 saturated heterocycles. The van der Waals surface area contributed by atoms with Crippen LogP contribution in [0.2, 0.25) is 0 Å². The number of anilines is 1. The number of unbranched alkanes of at least 4 members (excludes halogenated alkanes) is 4. The molecule has 0 atom stereocenters. The maximum absolute atomic E-state index is 11.8. The summed E-state index contributed by atoms with van der Waals surface area (Å²) in [5.74, 6) is 1.33. The Morgan fingerprint density at radius 1 is 1.09 bits per heavy atom. The van der Waals surface area contributed by atoms with E-state index in [1.165, 1.54) is 25.7 Å². The topological polar surface area (TPSA) is 50.4 Å². The predicted molar refractivity (Wildman–Crippen MR) is 97.0 cm³/mol. The maximum Gasteiger partial charge on any atom is 0.238 e. The highest BCUT2D eigenvalue weighted by Crippen LogP contribution is 2.16. The summed E-state index contributed by atoms with van der Waals surface area (Å²) in [6, 6.07) is 7.52. The van der Waals surface area contributed by atoms with Gasteiger partial charge in [0.15, 0.2) is 0 Å². The third kappa shape index (κ3) is 9.95. The molecule has 0 saturated carbocycles. The second kappa shape index (κ2) is 11.9. The smallest absolute Gasteiger partial charge is 0.238 e. The van der Waals surface area contributed by atoms with Crippen molar-refractivity contribution >= 4 is 11.6 Å². The van der Waals surface area contributed by atoms with Gasteiger partial charge in [-0.2, -0.15) is 0 Å². The van der Waals surface area contributed by atoms with E-state index in [0.717, 1.165) is 24.4 Å². The summed E-state index contributed by atoms with van der Waals surface area (Å²) in [7, 11) is 0. The Hall–Kier alpha value is -1.55. The van der Waals surface area contributed by atoms with Crippen molar-refractivity contribution in [1.82, 2.24) is 5.32 Å². The highest BCUT2D eigenvalue weighted by atomic mass is 16.5. The number of nitrogens with one attached hydrogen (secondary N) is 2. The summed E-state index contributed by atoms with van der Waals surface area (Å²) in [5, 5.41) is 6.08. The lowest BCUT2D eigenvalue weighted by Crippen LogP contribution is -2.28. The molecule has 4 nitrogen and oxygen atoms in total. The Labute approximate surface area is 141 Å². The van der Waals surface area contributed by atoms with Gasteiger partial charge in [0, 0.05) is 5.69 Å². The zero-order chi connectivity index (χ0) is 16.9. The van der Waals surface area contributed by atoms with Crippen LogP contribution in [0.5, 0.6) is 5.75 Å². The van der Waals surface area contributed by atoms with Gasteiger partial charge in [-0.15, -0.1) is 0 Å². The molecular weight excluding hydrogens is 288 g/mol. The zero-order valence-electron chi connectivity index (χ0n) is 14.9. The summed E-state index contributed by atoms with van der Waals surface area (Å²) in [6.45, 7) is 8.41. The molecule has 0 radical (unpaired) electrons. The minimum atomic E-state index is -0.00518. The molecule has 0 heterocycles. The number of ether oxygens (including phenoxy) is 1. The highest BCUT2D eigenvalue weighted by Gasteiger charge is 2.02. The lowest BCUT2D eigenvalue weighted by molar-refractivity contribution is -0.115. The molecule has 0 unspecified atom stereocenters. The molecule has 0 aliphatic rings. The van der Waals surface area contributed by atoms with Gasteiger partial charge < -0.3 is 15.4 Å². The Morgan fingerprint density at radius 3 is 2.43 bits per heavy atom. The quantitative estimate of drug-likeness (QED) is 0.567. The minimum absolute atomic E-state index is 0.00518. The van der Waals surface area contributed by atoms with Gasteiger partial charge >= 0.3 is 0 Å². The Balaban J connectivity index is 2.16. The van der Waals surface area contributed by atoms with Crippen molar-refractivity contribution in [3.63, 3.8) is 0 Å². The molecule has 23 heavy (non-hydrogen) atoms. The highest BCUT2D eigenvalue weighted by molar-refractivity contribution is 5.92. The van der Waals surface area contributed by atoms with Crippen LogP contribution >= 0.6 is 0 Å². The fraction of sp³-hybridized carbons (Fsp3) is 0.632. The van der Waals surface area contributed by atoms with Crippen molar-refractivity contribution in [2.45, 2.75) is 52.9 Å². The van der Waals surface area contributed by atoms with Crippen molar-refractivity contribution < 1.29 is 9.53 Å². The molecule has 0 aliphatic carbocycles. The third-order valence-electron chi connectivity index (χ3n) is 3.46. The first kappa shape index (κ1) is 19.5. The number of carbonyl (C=O) groups excluding carboxylic acids is 1. The number of hydrogen-bond acceptors (Lipinski definition) is 3. The van der Waals surface area contributed by atoms with E-state index in [0.29, 0.717) is 19.1 Å². The molecule has 0 bridgehead atoms. The van der Waals surface area contributed by atoms with E-state index in [2.05, 4.69) is 31.4 Å². The molecule has 0 fully saturated rings. The second-order valence-electron chi connectivity index (χ2n) is 6.37. The van der Waals surface area contributed by atoms with Gasteiger partial charge in [-0.25, -0.2) is 0 Å². The van der Waals surface area contributed by atoms with Gasteiger partial charge in [0.1, 0.15) is 5.75 Å². The Morgan fingerprint density at radius 2 is 1.78 bits per heavy atom. The van der Waals surface area contributed by atoms with E-state index in [1.807, 2.05) is 24.3 Å². The predicted octanol–water partition coefficient (Wildman–Crippen LogP) is 4.22. The largest absolute Gasteiger partial charge is 0.493 e. The number of carbonyl (C=O) groups is 1. The van der Waals surface area contributed by atoms with Crippen LogP contribution in [0.3, 0.4) is 0 Å². The van der Waals surface area contributed by atoms with Crippen LogP contribution < -0.4 is 15.4 Å². The van der Waals surface area contributed by atoms with Gasteiger partial charge in [0.25, 0.3) is 0 Å². The third-order valence-corrected chi connectivity index (χ3v) is 3.46. The van der Waals surface area contributed by atoms with Crippen molar-refractivity contribution in [2.24, 2.45) is 5.92 Å². The van der Waals surface area contributed by atoms with E-state index < -0.39 is 0 Å². The molecule has 4 heteroatoms. The first-order chi connectivity index (χ1) is 11.1. The van der Waals surface area contributed by atoms with Crippen LogP contribution in [-0.2, 0) is 4.79 Å². The summed E-state index contributed by atoms with van der Waals surface area (Å²) in [6.07, 6.45) is 6.22. The molecule has 0 spiro atoms. The minimum Gasteiger partial charge on any atom is -0.493 e. The van der Waals surface area contributed by atoms with Crippen LogP contribution in [0, 0.1) is 5.92 Å². The van der Waals surface area contributed by atoms with Gasteiger partial charge in [-0.3, -0.25) is 4.79 Å². The molecule has 0 aromatic heterocycles. The zero-order valence-corrected chi connectivity index (χ0v) is 14.9. The van der Waals surface area contributed by atoms with Crippen LogP contribution in [0.25, 0.3) is 0 Å². The Bertz CT molecular complexity index is 430. The van der Waals surface area contributed by atoms with Gasteiger partial charge in [-0.05, 0) is 43.1 Å². The molecule has 0 aliphatic heterocycles. The monoisotopic (exact) mass is 320 g/mol. The summed E-state index contributed by atoms with van der Waals surface area (Å²) >= 11 is 0. The van der Waals surface area contributed by atoms with Crippen molar-refractivity contribution in [2.75, 3.05) is 25.0 Å². The van der Waals surface area contributed by atoms with E-state index >= 15 is 0 Å². The van der Waals surface area contributed by atoms with E-state index in [9.17, 15) is 4.79 Å². The lowest BCUT2D eigenvalue weighted by Gasteiger charge is -2.10. The molecular formula is C19H32N2O2. The fourth-order valence-corrected chi connectivity index (χ4v) is 2.16. The second-order valence-corrected chi connectivity index (χ2v) is 6.37. The van der Waals surface area contributed by atoms with Gasteiger partial charge in [0.05, 0.1) is 13.2 Å². The van der Waals surface area contributed by atoms with Crippen LogP contribution in [0.1, 0.15) is 52.9 Å². The van der Waals surface area contributed by atoms with Crippen LogP contribution in [0.4, 0.5) is 5.69 Å². The van der Waals surface area contributed by atoms with E-state index in [-0.39, 0.29) is 5.91 Å². The van der Waals surface area contributed by atoms with Crippen molar-refractivity contribution in [3.05, 3.63) is 24.3 Å². The molecule has 2 N–H and O–H groups in total. The fourth-order valence-electron chi connectivity index (χ4n) is 2.16. The number of benzene rings is 1. The Kier molecular flexibility index (Phi) is 10.1. The number of rotatable bonds is 12. The molecule has 130 valence electrons. The molecule has 1 amide bonds. The SMILES string of the molecule is CCCCCCCNCC(=O)Nc1ccc(OCC(C)C)cc1. The van der Waals surface area contributed by atoms with Crippen molar-refractivity contribution in [3.8, 4) is 5.75 Å². The first-order valence-electron chi connectivity index (χ1n) is 8.85. The molecule has 1 rings (SSSR count). The summed E-state index contributed by atoms with van der Waals surface area (Å²) in [4.78, 5) is 11.8. The standard InChI is InChI=1S/C19H32N2O2/c1-4-5-6-7-8-13-20-14-19(22)21-17-9-11-18(12-10-17)23-15-16(2)3/h9-12,16,20H,4-8,13-15H2,1-3H3,(H,21,22). The van der Waals surface area contributed by atoms with Gasteiger partial charge in [0.2, 0.25) is 5.91 Å².